The van der Waals surface area contributed by atoms with E-state index in [1.807, 2.05) is 0 Å². The van der Waals surface area contributed by atoms with Gasteiger partial charge in [0.05, 0.1) is 0 Å². The number of carbonyl (C=O) groups excluding carboxylic acids is 1. The Bertz CT molecular complexity index is 708. The van der Waals surface area contributed by atoms with Crippen LogP contribution in [0.2, 0.25) is 0 Å². The molecular formula is C23H27F2NO2. The lowest BCUT2D eigenvalue weighted by Gasteiger charge is -2.26. The molecule has 2 aromatic carbocycles. The standard InChI is InChI=1S/C23H27F2NO2/c24-20-9-5-17(6-10-20)22(18-7-11-21(25)12-8-18)13-14-26-23(28)19-3-1-16(15-27)2-4-19/h5-12,16,19,22,27H,1-4,13-15H2,(H,26,28). The molecular weight excluding hydrogens is 360 g/mol. The average molecular weight is 387 g/mol. The summed E-state index contributed by atoms with van der Waals surface area (Å²) in [5, 5.41) is 12.3. The minimum Gasteiger partial charge on any atom is -0.396 e. The molecule has 1 aliphatic carbocycles. The molecule has 0 radical (unpaired) electrons. The zero-order valence-corrected chi connectivity index (χ0v) is 15.9. The highest BCUT2D eigenvalue weighted by atomic mass is 19.1. The number of amides is 1. The van der Waals surface area contributed by atoms with Crippen molar-refractivity contribution in [2.75, 3.05) is 13.2 Å². The first kappa shape index (κ1) is 20.5. The van der Waals surface area contributed by atoms with Crippen LogP contribution in [0, 0.1) is 23.5 Å². The molecule has 1 aliphatic rings. The second-order valence-electron chi connectivity index (χ2n) is 7.64. The number of aliphatic hydroxyl groups is 1. The van der Waals surface area contributed by atoms with Crippen LogP contribution in [0.3, 0.4) is 0 Å². The maximum atomic E-state index is 13.3. The van der Waals surface area contributed by atoms with Gasteiger partial charge in [-0.15, -0.1) is 0 Å². The van der Waals surface area contributed by atoms with Crippen molar-refractivity contribution in [1.29, 1.82) is 0 Å². The van der Waals surface area contributed by atoms with Crippen LogP contribution >= 0.6 is 0 Å². The topological polar surface area (TPSA) is 49.3 Å². The Morgan fingerprint density at radius 3 is 1.89 bits per heavy atom. The van der Waals surface area contributed by atoms with E-state index in [0.29, 0.717) is 18.9 Å². The van der Waals surface area contributed by atoms with Gasteiger partial charge in [0.1, 0.15) is 11.6 Å². The second kappa shape index (κ2) is 9.78. The van der Waals surface area contributed by atoms with E-state index in [2.05, 4.69) is 5.32 Å². The van der Waals surface area contributed by atoms with Crippen LogP contribution in [0.25, 0.3) is 0 Å². The van der Waals surface area contributed by atoms with Gasteiger partial charge in [-0.2, -0.15) is 0 Å². The summed E-state index contributed by atoms with van der Waals surface area (Å²) in [6, 6.07) is 12.6. The van der Waals surface area contributed by atoms with Crippen LogP contribution in [-0.4, -0.2) is 24.2 Å². The molecule has 150 valence electrons. The highest BCUT2D eigenvalue weighted by Crippen LogP contribution is 2.30. The van der Waals surface area contributed by atoms with Crippen molar-refractivity contribution in [1.82, 2.24) is 5.32 Å². The summed E-state index contributed by atoms with van der Waals surface area (Å²) < 4.78 is 26.6. The first-order valence-corrected chi connectivity index (χ1v) is 9.96. The van der Waals surface area contributed by atoms with Crippen LogP contribution in [0.1, 0.15) is 49.1 Å². The van der Waals surface area contributed by atoms with Crippen molar-refractivity contribution in [3.63, 3.8) is 0 Å². The van der Waals surface area contributed by atoms with Crippen LogP contribution in [0.4, 0.5) is 8.78 Å². The van der Waals surface area contributed by atoms with Crippen LogP contribution < -0.4 is 5.32 Å². The van der Waals surface area contributed by atoms with Crippen molar-refractivity contribution < 1.29 is 18.7 Å². The predicted octanol–water partition coefficient (Wildman–Crippen LogP) is 4.40. The molecule has 1 saturated carbocycles. The Hall–Kier alpha value is -2.27. The molecule has 0 aliphatic heterocycles. The van der Waals surface area contributed by atoms with Gasteiger partial charge in [0, 0.05) is 25.0 Å². The van der Waals surface area contributed by atoms with E-state index >= 15 is 0 Å². The summed E-state index contributed by atoms with van der Waals surface area (Å²) in [4.78, 5) is 12.5. The molecule has 5 heteroatoms. The third kappa shape index (κ3) is 5.38. The van der Waals surface area contributed by atoms with Crippen molar-refractivity contribution in [2.45, 2.75) is 38.0 Å². The molecule has 0 aromatic heterocycles. The van der Waals surface area contributed by atoms with Gasteiger partial charge in [-0.05, 0) is 73.4 Å². The van der Waals surface area contributed by atoms with Gasteiger partial charge in [0.15, 0.2) is 0 Å². The van der Waals surface area contributed by atoms with Crippen molar-refractivity contribution >= 4 is 5.91 Å². The number of halogens is 2. The van der Waals surface area contributed by atoms with E-state index in [9.17, 15) is 18.7 Å². The fraction of sp³-hybridized carbons (Fsp3) is 0.435. The molecule has 1 fully saturated rings. The van der Waals surface area contributed by atoms with Gasteiger partial charge in [-0.25, -0.2) is 8.78 Å². The fourth-order valence-corrected chi connectivity index (χ4v) is 4.01. The van der Waals surface area contributed by atoms with E-state index in [-0.39, 0.29) is 36.0 Å². The maximum absolute atomic E-state index is 13.3. The van der Waals surface area contributed by atoms with Gasteiger partial charge < -0.3 is 10.4 Å². The number of rotatable bonds is 7. The molecule has 3 nitrogen and oxygen atoms in total. The van der Waals surface area contributed by atoms with E-state index < -0.39 is 0 Å². The Morgan fingerprint density at radius 1 is 0.929 bits per heavy atom. The number of benzene rings is 2. The summed E-state index contributed by atoms with van der Waals surface area (Å²) in [5.74, 6) is -0.245. The lowest BCUT2D eigenvalue weighted by atomic mass is 9.82. The van der Waals surface area contributed by atoms with Crippen LogP contribution in [0.5, 0.6) is 0 Å². The van der Waals surface area contributed by atoms with E-state index in [1.165, 1.54) is 24.3 Å². The molecule has 0 unspecified atom stereocenters. The van der Waals surface area contributed by atoms with Crippen LogP contribution in [0.15, 0.2) is 48.5 Å². The van der Waals surface area contributed by atoms with Gasteiger partial charge in [-0.1, -0.05) is 24.3 Å². The Labute approximate surface area is 164 Å². The Balaban J connectivity index is 1.61. The lowest BCUT2D eigenvalue weighted by Crippen LogP contribution is -2.34. The smallest absolute Gasteiger partial charge is 0.223 e. The minimum absolute atomic E-state index is 0.0119. The Kier molecular flexibility index (Phi) is 7.15. The first-order chi connectivity index (χ1) is 13.6. The number of nitrogens with one attached hydrogen (secondary N) is 1. The van der Waals surface area contributed by atoms with Gasteiger partial charge in [0.2, 0.25) is 5.91 Å². The van der Waals surface area contributed by atoms with E-state index in [4.69, 9.17) is 0 Å². The minimum atomic E-state index is -0.298. The fourth-order valence-electron chi connectivity index (χ4n) is 4.01. The number of hydrogen-bond acceptors (Lipinski definition) is 2. The average Bonchev–Trinajstić information content (AvgIpc) is 2.73. The zero-order valence-electron chi connectivity index (χ0n) is 15.9. The number of carbonyl (C=O) groups is 1. The second-order valence-corrected chi connectivity index (χ2v) is 7.64. The summed E-state index contributed by atoms with van der Waals surface area (Å²) >= 11 is 0. The van der Waals surface area contributed by atoms with Gasteiger partial charge >= 0.3 is 0 Å². The third-order valence-electron chi connectivity index (χ3n) is 5.75. The molecule has 1 amide bonds. The highest BCUT2D eigenvalue weighted by molar-refractivity contribution is 5.78. The van der Waals surface area contributed by atoms with E-state index in [1.54, 1.807) is 24.3 Å². The van der Waals surface area contributed by atoms with Crippen molar-refractivity contribution in [3.8, 4) is 0 Å². The molecule has 0 saturated heterocycles. The van der Waals surface area contributed by atoms with Crippen molar-refractivity contribution in [2.24, 2.45) is 11.8 Å². The molecule has 2 aromatic rings. The molecule has 0 bridgehead atoms. The van der Waals surface area contributed by atoms with Crippen LogP contribution in [-0.2, 0) is 4.79 Å². The quantitative estimate of drug-likeness (QED) is 0.740. The highest BCUT2D eigenvalue weighted by Gasteiger charge is 2.26. The predicted molar refractivity (Wildman–Crippen MR) is 105 cm³/mol. The van der Waals surface area contributed by atoms with Crippen molar-refractivity contribution in [3.05, 3.63) is 71.3 Å². The molecule has 2 N–H and O–H groups in total. The maximum Gasteiger partial charge on any atom is 0.223 e. The normalized spacial score (nSPS) is 19.6. The summed E-state index contributed by atoms with van der Waals surface area (Å²) in [7, 11) is 0. The molecule has 3 rings (SSSR count). The molecule has 0 atom stereocenters. The lowest BCUT2D eigenvalue weighted by molar-refractivity contribution is -0.126. The summed E-state index contributed by atoms with van der Waals surface area (Å²) in [6.07, 6.45) is 4.06. The largest absolute Gasteiger partial charge is 0.396 e. The SMILES string of the molecule is O=C(NCCC(c1ccc(F)cc1)c1ccc(F)cc1)C1CCC(CO)CC1. The molecule has 0 spiro atoms. The monoisotopic (exact) mass is 387 g/mol. The number of aliphatic hydroxyl groups excluding tert-OH is 1. The summed E-state index contributed by atoms with van der Waals surface area (Å²) in [6.45, 7) is 0.698. The number of hydrogen-bond donors (Lipinski definition) is 2. The summed E-state index contributed by atoms with van der Waals surface area (Å²) in [5.41, 5.74) is 1.87. The van der Waals surface area contributed by atoms with Gasteiger partial charge in [-0.3, -0.25) is 4.79 Å². The molecule has 0 heterocycles. The van der Waals surface area contributed by atoms with E-state index in [0.717, 1.165) is 36.8 Å². The van der Waals surface area contributed by atoms with Gasteiger partial charge in [0.25, 0.3) is 0 Å². The first-order valence-electron chi connectivity index (χ1n) is 9.96. The zero-order chi connectivity index (χ0) is 19.9. The third-order valence-corrected chi connectivity index (χ3v) is 5.75. The molecule has 28 heavy (non-hydrogen) atoms. The Morgan fingerprint density at radius 2 is 1.43 bits per heavy atom.